The number of pyridine rings is 1. The quantitative estimate of drug-likeness (QED) is 0.579. The molecule has 0 aliphatic carbocycles. The number of hydrogen-bond donors (Lipinski definition) is 1. The Morgan fingerprint density at radius 1 is 1.46 bits per heavy atom. The molecule has 0 saturated carbocycles. The Balaban J connectivity index is 2.64. The Bertz CT molecular complexity index is 583. The summed E-state index contributed by atoms with van der Waals surface area (Å²) in [5.74, 6) is 0. The maximum atomic E-state index is 5.29. The van der Waals surface area contributed by atoms with E-state index in [1.54, 1.807) is 12.5 Å². The molecule has 3 aromatic rings. The fourth-order valence-corrected chi connectivity index (χ4v) is 1.77. The third kappa shape index (κ3) is 0.913. The number of nitrogens with zero attached hydrogens (tertiary/aromatic N) is 2. The van der Waals surface area contributed by atoms with Gasteiger partial charge < -0.3 is 0 Å². The van der Waals surface area contributed by atoms with Gasteiger partial charge in [0.2, 0.25) is 0 Å². The molecular formula is C8H4N3OSe. The van der Waals surface area contributed by atoms with Gasteiger partial charge in [0.1, 0.15) is 0 Å². The molecule has 0 saturated heterocycles. The molecule has 0 bridgehead atoms. The minimum absolute atomic E-state index is 0.732. The van der Waals surface area contributed by atoms with Gasteiger partial charge in [0.05, 0.1) is 0 Å². The average Bonchev–Trinajstić information content (AvgIpc) is 2.65. The van der Waals surface area contributed by atoms with Crippen molar-refractivity contribution in [3.05, 3.63) is 18.5 Å². The van der Waals surface area contributed by atoms with E-state index in [0.29, 0.717) is 0 Å². The zero-order chi connectivity index (χ0) is 8.84. The number of H-pyrrole nitrogens is 1. The topological polar surface area (TPSA) is 54.7 Å². The molecular weight excluding hydrogens is 233 g/mol. The van der Waals surface area contributed by atoms with Crippen LogP contribution in [0, 0.1) is 0 Å². The number of rotatable bonds is 0. The van der Waals surface area contributed by atoms with Crippen molar-refractivity contribution < 1.29 is 4.42 Å². The Hall–Kier alpha value is -1.32. The first-order valence-corrected chi connectivity index (χ1v) is 4.59. The summed E-state index contributed by atoms with van der Waals surface area (Å²) in [6.07, 6.45) is 3.37. The summed E-state index contributed by atoms with van der Waals surface area (Å²) in [5, 5.41) is 0. The molecule has 0 spiro atoms. The first-order valence-electron chi connectivity index (χ1n) is 3.73. The van der Waals surface area contributed by atoms with Gasteiger partial charge in [-0.2, -0.15) is 0 Å². The number of nitrogens with one attached hydrogen (secondary N) is 1. The Labute approximate surface area is 81.2 Å². The van der Waals surface area contributed by atoms with Gasteiger partial charge in [-0.3, -0.25) is 0 Å². The number of aromatic amines is 1. The molecule has 0 amide bonds. The van der Waals surface area contributed by atoms with Crippen molar-refractivity contribution in [3.8, 4) is 0 Å². The zero-order valence-electron chi connectivity index (χ0n) is 6.44. The number of aromatic nitrogens is 3. The van der Waals surface area contributed by atoms with Gasteiger partial charge in [-0.25, -0.2) is 0 Å². The van der Waals surface area contributed by atoms with E-state index < -0.39 is 0 Å². The number of hydrogen-bond acceptors (Lipinski definition) is 3. The first-order chi connectivity index (χ1) is 6.34. The molecule has 13 heavy (non-hydrogen) atoms. The van der Waals surface area contributed by atoms with Crippen molar-refractivity contribution in [1.29, 1.82) is 0 Å². The Kier molecular flexibility index (Phi) is 1.28. The van der Waals surface area contributed by atoms with Crippen molar-refractivity contribution in [2.24, 2.45) is 0 Å². The SMILES string of the molecule is [Se]c1nc2c(cnc3ccoc32)[nH]1. The predicted octanol–water partition coefficient (Wildman–Crippen LogP) is 0.498. The van der Waals surface area contributed by atoms with Crippen LogP contribution in [0.3, 0.4) is 0 Å². The maximum absolute atomic E-state index is 5.29. The van der Waals surface area contributed by atoms with Crippen LogP contribution in [-0.4, -0.2) is 31.0 Å². The summed E-state index contributed by atoms with van der Waals surface area (Å²) < 4.78 is 6.04. The van der Waals surface area contributed by atoms with Gasteiger partial charge in [-0.05, 0) is 0 Å². The van der Waals surface area contributed by atoms with Crippen LogP contribution in [-0.2, 0) is 0 Å². The van der Waals surface area contributed by atoms with Crippen LogP contribution in [0.2, 0.25) is 0 Å². The molecule has 0 fully saturated rings. The summed E-state index contributed by atoms with van der Waals surface area (Å²) >= 11 is 2.81. The molecule has 4 nitrogen and oxygen atoms in total. The first kappa shape index (κ1) is 7.12. The summed E-state index contributed by atoms with van der Waals surface area (Å²) in [7, 11) is 0. The van der Waals surface area contributed by atoms with Crippen LogP contribution in [0.4, 0.5) is 0 Å². The van der Waals surface area contributed by atoms with Crippen molar-refractivity contribution in [1.82, 2.24) is 15.0 Å². The zero-order valence-corrected chi connectivity index (χ0v) is 8.16. The van der Waals surface area contributed by atoms with Crippen molar-refractivity contribution in [2.75, 3.05) is 0 Å². The second-order valence-electron chi connectivity index (χ2n) is 2.70. The van der Waals surface area contributed by atoms with Gasteiger partial charge in [0.25, 0.3) is 0 Å². The predicted molar refractivity (Wildman–Crippen MR) is 49.0 cm³/mol. The summed E-state index contributed by atoms with van der Waals surface area (Å²) in [5.41, 5.74) is 3.27. The van der Waals surface area contributed by atoms with E-state index in [2.05, 4.69) is 31.0 Å². The van der Waals surface area contributed by atoms with Crippen LogP contribution in [0.25, 0.3) is 22.1 Å². The van der Waals surface area contributed by atoms with E-state index in [-0.39, 0.29) is 0 Å². The summed E-state index contributed by atoms with van der Waals surface area (Å²) in [6, 6.07) is 1.82. The number of furan rings is 1. The molecule has 3 rings (SSSR count). The fraction of sp³-hybridized carbons (Fsp3) is 0. The molecule has 0 unspecified atom stereocenters. The second kappa shape index (κ2) is 2.34. The van der Waals surface area contributed by atoms with Crippen molar-refractivity contribution >= 4 is 42.9 Å². The third-order valence-corrected chi connectivity index (χ3v) is 2.31. The van der Waals surface area contributed by atoms with Gasteiger partial charge in [0.15, 0.2) is 0 Å². The number of fused-ring (bicyclic) bond motifs is 3. The fourth-order valence-electron chi connectivity index (χ4n) is 1.35. The minimum atomic E-state index is 0.732. The van der Waals surface area contributed by atoms with Crippen LogP contribution in [0.5, 0.6) is 0 Å². The molecule has 1 N–H and O–H groups in total. The van der Waals surface area contributed by atoms with Crippen LogP contribution >= 0.6 is 0 Å². The Morgan fingerprint density at radius 3 is 3.31 bits per heavy atom. The van der Waals surface area contributed by atoms with Gasteiger partial charge in [0, 0.05) is 0 Å². The van der Waals surface area contributed by atoms with E-state index in [1.165, 1.54) is 0 Å². The van der Waals surface area contributed by atoms with E-state index in [1.807, 2.05) is 6.07 Å². The van der Waals surface area contributed by atoms with Crippen LogP contribution in [0.15, 0.2) is 22.9 Å². The van der Waals surface area contributed by atoms with E-state index in [4.69, 9.17) is 4.42 Å². The molecule has 0 aliphatic heterocycles. The van der Waals surface area contributed by atoms with E-state index >= 15 is 0 Å². The molecule has 63 valence electrons. The normalized spacial score (nSPS) is 11.4. The molecule has 5 heteroatoms. The second-order valence-corrected chi connectivity index (χ2v) is 3.51. The van der Waals surface area contributed by atoms with E-state index in [0.717, 1.165) is 26.9 Å². The number of imidazole rings is 1. The summed E-state index contributed by atoms with van der Waals surface area (Å²) in [4.78, 5) is 11.5. The molecule has 3 heterocycles. The van der Waals surface area contributed by atoms with Gasteiger partial charge in [-0.1, -0.05) is 0 Å². The van der Waals surface area contributed by atoms with Gasteiger partial charge >= 0.3 is 80.8 Å². The molecule has 0 aliphatic rings. The van der Waals surface area contributed by atoms with Crippen LogP contribution < -0.4 is 4.72 Å². The van der Waals surface area contributed by atoms with Crippen molar-refractivity contribution in [3.63, 3.8) is 0 Å². The van der Waals surface area contributed by atoms with Gasteiger partial charge in [-0.15, -0.1) is 0 Å². The third-order valence-electron chi connectivity index (χ3n) is 1.90. The molecule has 0 atom stereocenters. The standard InChI is InChI=1S/C8H4N3OSe/c13-8-10-5-3-9-4-1-2-12-7(4)6(5)11-8/h1-3H,(H,10,11). The molecule has 1 radical (unpaired) electrons. The monoisotopic (exact) mass is 238 g/mol. The van der Waals surface area contributed by atoms with E-state index in [9.17, 15) is 0 Å². The van der Waals surface area contributed by atoms with Crippen LogP contribution in [0.1, 0.15) is 0 Å². The summed E-state index contributed by atoms with van der Waals surface area (Å²) in [6.45, 7) is 0. The molecule has 3 aromatic heterocycles. The Morgan fingerprint density at radius 2 is 2.38 bits per heavy atom. The van der Waals surface area contributed by atoms with Crippen molar-refractivity contribution in [2.45, 2.75) is 0 Å². The average molecular weight is 237 g/mol. The molecule has 0 aromatic carbocycles.